The summed E-state index contributed by atoms with van der Waals surface area (Å²) < 4.78 is 0. The van der Waals surface area contributed by atoms with E-state index in [9.17, 15) is 10.5 Å². The largest absolute Gasteiger partial charge is 0.383 e. The molecule has 0 unspecified atom stereocenters. The fourth-order valence-electron chi connectivity index (χ4n) is 3.30. The van der Waals surface area contributed by atoms with Gasteiger partial charge in [0.05, 0.1) is 11.1 Å². The van der Waals surface area contributed by atoms with E-state index in [0.29, 0.717) is 16.2 Å². The molecule has 0 amide bonds. The number of nitrogen functional groups attached to an aromatic ring is 1. The molecule has 0 atom stereocenters. The molecule has 24 heavy (non-hydrogen) atoms. The number of nitrogens with zero attached hydrogens (tertiary/aromatic N) is 3. The molecule has 0 saturated heterocycles. The van der Waals surface area contributed by atoms with Gasteiger partial charge in [0, 0.05) is 4.90 Å². The Morgan fingerprint density at radius 2 is 1.67 bits per heavy atom. The normalized spacial score (nSPS) is 14.8. The van der Waals surface area contributed by atoms with Crippen LogP contribution < -0.4 is 5.73 Å². The monoisotopic (exact) mass is 334 g/mol. The van der Waals surface area contributed by atoms with Gasteiger partial charge < -0.3 is 5.73 Å². The Balaban J connectivity index is 2.12. The van der Waals surface area contributed by atoms with Crippen molar-refractivity contribution in [2.45, 2.75) is 47.9 Å². The molecule has 1 aromatic heterocycles. The lowest BCUT2D eigenvalue weighted by Gasteiger charge is -2.25. The van der Waals surface area contributed by atoms with Gasteiger partial charge >= 0.3 is 0 Å². The second kappa shape index (κ2) is 7.38. The SMILES string of the molecule is N#Cc1c(N)nc(Sc2ccccc2)c(C#N)c1C1CCCCC1. The van der Waals surface area contributed by atoms with E-state index in [1.165, 1.54) is 18.2 Å². The van der Waals surface area contributed by atoms with Crippen molar-refractivity contribution >= 4 is 17.6 Å². The molecule has 1 saturated carbocycles. The van der Waals surface area contributed by atoms with E-state index in [4.69, 9.17) is 5.73 Å². The molecule has 0 spiro atoms. The fourth-order valence-corrected chi connectivity index (χ4v) is 4.22. The van der Waals surface area contributed by atoms with E-state index in [1.807, 2.05) is 30.3 Å². The Labute approximate surface area is 146 Å². The van der Waals surface area contributed by atoms with E-state index in [0.717, 1.165) is 36.1 Å². The third-order valence-corrected chi connectivity index (χ3v) is 5.42. The summed E-state index contributed by atoms with van der Waals surface area (Å²) in [6.07, 6.45) is 5.48. The second-order valence-corrected chi connectivity index (χ2v) is 7.00. The third-order valence-electron chi connectivity index (χ3n) is 4.43. The summed E-state index contributed by atoms with van der Waals surface area (Å²) in [7, 11) is 0. The molecule has 4 nitrogen and oxygen atoms in total. The van der Waals surface area contributed by atoms with Crippen LogP contribution in [0.4, 0.5) is 5.82 Å². The van der Waals surface area contributed by atoms with Crippen molar-refractivity contribution in [2.24, 2.45) is 0 Å². The van der Waals surface area contributed by atoms with Crippen LogP contribution in [0.1, 0.15) is 54.7 Å². The highest BCUT2D eigenvalue weighted by molar-refractivity contribution is 7.99. The minimum absolute atomic E-state index is 0.225. The maximum atomic E-state index is 9.77. The van der Waals surface area contributed by atoms with Gasteiger partial charge in [0.2, 0.25) is 0 Å². The number of benzene rings is 1. The lowest BCUT2D eigenvalue weighted by molar-refractivity contribution is 0.442. The van der Waals surface area contributed by atoms with Gasteiger partial charge in [-0.05, 0) is 36.5 Å². The summed E-state index contributed by atoms with van der Waals surface area (Å²) in [4.78, 5) is 5.36. The van der Waals surface area contributed by atoms with Crippen LogP contribution >= 0.6 is 11.8 Å². The maximum absolute atomic E-state index is 9.77. The van der Waals surface area contributed by atoms with Gasteiger partial charge in [-0.3, -0.25) is 0 Å². The quantitative estimate of drug-likeness (QED) is 0.886. The highest BCUT2D eigenvalue weighted by Gasteiger charge is 2.27. The summed E-state index contributed by atoms with van der Waals surface area (Å²) in [6, 6.07) is 14.3. The Kier molecular flexibility index (Phi) is 5.03. The van der Waals surface area contributed by atoms with Gasteiger partial charge in [0.25, 0.3) is 0 Å². The Morgan fingerprint density at radius 1 is 1.00 bits per heavy atom. The lowest BCUT2D eigenvalue weighted by atomic mass is 9.80. The van der Waals surface area contributed by atoms with Crippen molar-refractivity contribution in [3.8, 4) is 12.1 Å². The first-order valence-electron chi connectivity index (χ1n) is 8.11. The van der Waals surface area contributed by atoms with Gasteiger partial charge in [0.15, 0.2) is 0 Å². The molecule has 1 heterocycles. The van der Waals surface area contributed by atoms with Crippen LogP contribution in [0.5, 0.6) is 0 Å². The number of hydrogen-bond donors (Lipinski definition) is 1. The first kappa shape index (κ1) is 16.4. The molecular weight excluding hydrogens is 316 g/mol. The second-order valence-electron chi connectivity index (χ2n) is 5.94. The van der Waals surface area contributed by atoms with Crippen molar-refractivity contribution in [3.63, 3.8) is 0 Å². The van der Waals surface area contributed by atoms with Crippen LogP contribution in [-0.4, -0.2) is 4.98 Å². The smallest absolute Gasteiger partial charge is 0.143 e. The maximum Gasteiger partial charge on any atom is 0.143 e. The topological polar surface area (TPSA) is 86.5 Å². The summed E-state index contributed by atoms with van der Waals surface area (Å²) in [5.41, 5.74) is 7.77. The minimum Gasteiger partial charge on any atom is -0.383 e. The number of rotatable bonds is 3. The number of pyridine rings is 1. The molecule has 1 aliphatic rings. The van der Waals surface area contributed by atoms with E-state index in [2.05, 4.69) is 17.1 Å². The predicted molar refractivity (Wildman–Crippen MR) is 94.5 cm³/mol. The van der Waals surface area contributed by atoms with E-state index in [-0.39, 0.29) is 11.7 Å². The van der Waals surface area contributed by atoms with E-state index >= 15 is 0 Å². The number of anilines is 1. The van der Waals surface area contributed by atoms with Gasteiger partial charge in [-0.1, -0.05) is 49.2 Å². The first-order chi connectivity index (χ1) is 11.7. The standard InChI is InChI=1S/C19H18N4S/c20-11-15-17(13-7-3-1-4-8-13)16(12-21)19(23-18(15)22)24-14-9-5-2-6-10-14/h2,5-6,9-10,13H,1,3-4,7-8H2,(H2,22,23). The van der Waals surface area contributed by atoms with Gasteiger partial charge in [-0.15, -0.1) is 0 Å². The van der Waals surface area contributed by atoms with Crippen LogP contribution in [0.3, 0.4) is 0 Å². The first-order valence-corrected chi connectivity index (χ1v) is 8.92. The predicted octanol–water partition coefficient (Wildman–Crippen LogP) is 4.61. The molecule has 1 aliphatic carbocycles. The molecule has 1 aromatic carbocycles. The lowest BCUT2D eigenvalue weighted by Crippen LogP contribution is -2.12. The molecule has 2 aromatic rings. The van der Waals surface area contributed by atoms with Crippen molar-refractivity contribution in [2.75, 3.05) is 5.73 Å². The molecule has 2 N–H and O–H groups in total. The molecular formula is C19H18N4S. The molecule has 120 valence electrons. The average Bonchev–Trinajstić information content (AvgIpc) is 2.63. The number of hydrogen-bond acceptors (Lipinski definition) is 5. The van der Waals surface area contributed by atoms with Crippen molar-refractivity contribution in [1.29, 1.82) is 10.5 Å². The van der Waals surface area contributed by atoms with Crippen molar-refractivity contribution in [1.82, 2.24) is 4.98 Å². The third kappa shape index (κ3) is 3.22. The van der Waals surface area contributed by atoms with Crippen LogP contribution in [0.2, 0.25) is 0 Å². The average molecular weight is 334 g/mol. The zero-order chi connectivity index (χ0) is 16.9. The van der Waals surface area contributed by atoms with Gasteiger partial charge in [-0.2, -0.15) is 10.5 Å². The van der Waals surface area contributed by atoms with E-state index < -0.39 is 0 Å². The summed E-state index contributed by atoms with van der Waals surface area (Å²) >= 11 is 1.43. The number of nitrogens with two attached hydrogens (primary N) is 1. The molecule has 0 radical (unpaired) electrons. The van der Waals surface area contributed by atoms with Gasteiger partial charge in [0.1, 0.15) is 23.0 Å². The summed E-state index contributed by atoms with van der Waals surface area (Å²) in [5, 5.41) is 19.9. The Bertz CT molecular complexity index is 812. The van der Waals surface area contributed by atoms with Crippen LogP contribution in [0.25, 0.3) is 0 Å². The molecule has 0 bridgehead atoms. The number of aromatic nitrogens is 1. The Hall–Kier alpha value is -2.50. The van der Waals surface area contributed by atoms with Crippen LogP contribution in [0, 0.1) is 22.7 Å². The van der Waals surface area contributed by atoms with Crippen molar-refractivity contribution < 1.29 is 0 Å². The molecule has 5 heteroatoms. The fraction of sp³-hybridized carbons (Fsp3) is 0.316. The number of nitriles is 2. The van der Waals surface area contributed by atoms with Crippen LogP contribution in [-0.2, 0) is 0 Å². The zero-order valence-electron chi connectivity index (χ0n) is 13.3. The Morgan fingerprint density at radius 3 is 2.29 bits per heavy atom. The molecule has 0 aliphatic heterocycles. The summed E-state index contributed by atoms with van der Waals surface area (Å²) in [6.45, 7) is 0. The highest BCUT2D eigenvalue weighted by atomic mass is 32.2. The van der Waals surface area contributed by atoms with Crippen molar-refractivity contribution in [3.05, 3.63) is 47.0 Å². The van der Waals surface area contributed by atoms with Crippen LogP contribution in [0.15, 0.2) is 40.3 Å². The summed E-state index contributed by atoms with van der Waals surface area (Å²) in [5.74, 6) is 0.457. The molecule has 1 fully saturated rings. The minimum atomic E-state index is 0.225. The van der Waals surface area contributed by atoms with Gasteiger partial charge in [-0.25, -0.2) is 4.98 Å². The van der Waals surface area contributed by atoms with E-state index in [1.54, 1.807) is 0 Å². The zero-order valence-corrected chi connectivity index (χ0v) is 14.1. The highest BCUT2D eigenvalue weighted by Crippen LogP contribution is 2.41. The molecule has 3 rings (SSSR count).